The number of hydrogen-bond acceptors (Lipinski definition) is 2. The first-order chi connectivity index (χ1) is 8.45. The smallest absolute Gasteiger partial charge is 0.144 e. The van der Waals surface area contributed by atoms with Crippen molar-refractivity contribution in [3.8, 4) is 0 Å². The lowest BCUT2D eigenvalue weighted by Gasteiger charge is -2.34. The Morgan fingerprint density at radius 1 is 1.67 bits per heavy atom. The molecule has 0 saturated carbocycles. The molecule has 1 fully saturated rings. The fourth-order valence-electron chi connectivity index (χ4n) is 2.02. The molecule has 0 bridgehead atoms. The van der Waals surface area contributed by atoms with E-state index in [2.05, 4.69) is 0 Å². The maximum atomic E-state index is 13.8. The lowest BCUT2D eigenvalue weighted by Crippen LogP contribution is -2.39. The van der Waals surface area contributed by atoms with Gasteiger partial charge >= 0.3 is 0 Å². The number of allylic oxidation sites excluding steroid dienone is 3. The average molecular weight is 279 g/mol. The van der Waals surface area contributed by atoms with E-state index >= 15 is 0 Å². The van der Waals surface area contributed by atoms with Crippen LogP contribution >= 0.6 is 11.6 Å². The van der Waals surface area contributed by atoms with Crippen molar-refractivity contribution in [3.63, 3.8) is 0 Å². The number of epoxide rings is 1. The molecule has 1 heterocycles. The summed E-state index contributed by atoms with van der Waals surface area (Å²) in [4.78, 5) is -1.25. The van der Waals surface area contributed by atoms with Crippen LogP contribution in [0.1, 0.15) is 20.3 Å². The van der Waals surface area contributed by atoms with Crippen molar-refractivity contribution in [3.05, 3.63) is 23.6 Å². The molecule has 1 saturated heterocycles. The minimum atomic E-state index is -1.55. The van der Waals surface area contributed by atoms with Crippen LogP contribution in [0, 0.1) is 0 Å². The standard InChI is InChI=1S/C13H17ClF2O2/c1-3-11(18-7-9-6-17-9)10-4-8(15)5-12(16)13(10,2)14/h4-5,9,11-12H,3,6-7H2,1-2H3/t9-,11-,12?,13?/m1/s1. The second-order valence-electron chi connectivity index (χ2n) is 4.81. The normalized spacial score (nSPS) is 36.9. The molecule has 0 aromatic carbocycles. The second-order valence-corrected chi connectivity index (χ2v) is 5.60. The summed E-state index contributed by atoms with van der Waals surface area (Å²) in [7, 11) is 0. The van der Waals surface area contributed by atoms with E-state index in [9.17, 15) is 8.78 Å². The molecule has 2 rings (SSSR count). The average Bonchev–Trinajstić information content (AvgIpc) is 3.10. The zero-order chi connectivity index (χ0) is 13.3. The molecule has 5 heteroatoms. The monoisotopic (exact) mass is 278 g/mol. The second kappa shape index (κ2) is 5.27. The number of halogens is 3. The number of rotatable bonds is 5. The Bertz CT molecular complexity index is 375. The molecule has 0 radical (unpaired) electrons. The van der Waals surface area contributed by atoms with Crippen LogP contribution in [0.2, 0.25) is 0 Å². The maximum Gasteiger partial charge on any atom is 0.144 e. The van der Waals surface area contributed by atoms with Gasteiger partial charge in [0.2, 0.25) is 0 Å². The van der Waals surface area contributed by atoms with Crippen molar-refractivity contribution in [1.29, 1.82) is 0 Å². The van der Waals surface area contributed by atoms with Gasteiger partial charge in [-0.25, -0.2) is 8.78 Å². The van der Waals surface area contributed by atoms with Gasteiger partial charge in [-0.3, -0.25) is 0 Å². The van der Waals surface area contributed by atoms with Gasteiger partial charge in [-0.15, -0.1) is 11.6 Å². The molecular formula is C13H17ClF2O2. The summed E-state index contributed by atoms with van der Waals surface area (Å²) in [6.07, 6.45) is 0.980. The zero-order valence-electron chi connectivity index (χ0n) is 10.5. The molecule has 2 aliphatic rings. The Balaban J connectivity index is 2.13. The summed E-state index contributed by atoms with van der Waals surface area (Å²) >= 11 is 6.19. The highest BCUT2D eigenvalue weighted by Crippen LogP contribution is 2.40. The maximum absolute atomic E-state index is 13.8. The van der Waals surface area contributed by atoms with Crippen LogP contribution < -0.4 is 0 Å². The molecule has 1 aliphatic heterocycles. The van der Waals surface area contributed by atoms with Crippen molar-refractivity contribution in [2.75, 3.05) is 13.2 Å². The van der Waals surface area contributed by atoms with E-state index in [0.29, 0.717) is 25.2 Å². The zero-order valence-corrected chi connectivity index (χ0v) is 11.2. The summed E-state index contributed by atoms with van der Waals surface area (Å²) < 4.78 is 37.8. The Kier molecular flexibility index (Phi) is 4.09. The predicted octanol–water partition coefficient (Wildman–Crippen LogP) is 3.31. The Hall–Kier alpha value is -0.450. The number of alkyl halides is 2. The molecule has 0 N–H and O–H groups in total. The topological polar surface area (TPSA) is 21.8 Å². The number of hydrogen-bond donors (Lipinski definition) is 0. The third-order valence-electron chi connectivity index (χ3n) is 3.28. The first-order valence-corrected chi connectivity index (χ1v) is 6.48. The summed E-state index contributed by atoms with van der Waals surface area (Å²) in [5.74, 6) is -0.597. The van der Waals surface area contributed by atoms with Gasteiger partial charge in [0, 0.05) is 0 Å². The van der Waals surface area contributed by atoms with Crippen molar-refractivity contribution in [2.45, 2.75) is 43.5 Å². The lowest BCUT2D eigenvalue weighted by molar-refractivity contribution is 0.0552. The molecule has 18 heavy (non-hydrogen) atoms. The largest absolute Gasteiger partial charge is 0.371 e. The van der Waals surface area contributed by atoms with E-state index in [1.54, 1.807) is 6.92 Å². The van der Waals surface area contributed by atoms with E-state index in [-0.39, 0.29) is 12.2 Å². The highest BCUT2D eigenvalue weighted by molar-refractivity contribution is 6.26. The molecule has 1 aliphatic carbocycles. The third-order valence-corrected chi connectivity index (χ3v) is 3.71. The van der Waals surface area contributed by atoms with Gasteiger partial charge in [0.1, 0.15) is 23.0 Å². The molecule has 0 spiro atoms. The van der Waals surface area contributed by atoms with E-state index in [4.69, 9.17) is 21.1 Å². The predicted molar refractivity (Wildman–Crippen MR) is 66.2 cm³/mol. The van der Waals surface area contributed by atoms with Crippen molar-refractivity contribution in [2.24, 2.45) is 0 Å². The van der Waals surface area contributed by atoms with E-state index in [1.165, 1.54) is 6.08 Å². The van der Waals surface area contributed by atoms with Gasteiger partial charge in [0.25, 0.3) is 0 Å². The summed E-state index contributed by atoms with van der Waals surface area (Å²) in [6.45, 7) is 4.57. The molecule has 0 aromatic heterocycles. The molecule has 2 nitrogen and oxygen atoms in total. The van der Waals surface area contributed by atoms with Gasteiger partial charge in [-0.1, -0.05) is 6.92 Å². The van der Waals surface area contributed by atoms with Crippen LogP contribution in [0.3, 0.4) is 0 Å². The fraction of sp³-hybridized carbons (Fsp3) is 0.692. The quantitative estimate of drug-likeness (QED) is 0.568. The highest BCUT2D eigenvalue weighted by Gasteiger charge is 2.41. The van der Waals surface area contributed by atoms with Gasteiger partial charge in [-0.05, 0) is 31.1 Å². The molecule has 0 aromatic rings. The van der Waals surface area contributed by atoms with Crippen LogP contribution in [0.15, 0.2) is 23.6 Å². The Morgan fingerprint density at radius 2 is 2.33 bits per heavy atom. The lowest BCUT2D eigenvalue weighted by atomic mass is 9.86. The van der Waals surface area contributed by atoms with Crippen LogP contribution in [0.5, 0.6) is 0 Å². The molecular weight excluding hydrogens is 262 g/mol. The molecule has 102 valence electrons. The van der Waals surface area contributed by atoms with Gasteiger partial charge < -0.3 is 9.47 Å². The molecule has 0 amide bonds. The van der Waals surface area contributed by atoms with Crippen LogP contribution in [0.25, 0.3) is 0 Å². The van der Waals surface area contributed by atoms with E-state index in [0.717, 1.165) is 6.08 Å². The SMILES string of the molecule is CC[C@@H](OC[C@H]1CO1)C1=CC(F)=CC(F)C1(C)Cl. The minimum Gasteiger partial charge on any atom is -0.371 e. The Labute approximate surface area is 111 Å². The fourth-order valence-corrected chi connectivity index (χ4v) is 2.26. The summed E-state index contributed by atoms with van der Waals surface area (Å²) in [5, 5.41) is 0. The third kappa shape index (κ3) is 2.92. The first-order valence-electron chi connectivity index (χ1n) is 6.10. The number of ether oxygens (including phenoxy) is 2. The van der Waals surface area contributed by atoms with Crippen molar-refractivity contribution >= 4 is 11.6 Å². The molecule has 4 atom stereocenters. The van der Waals surface area contributed by atoms with E-state index in [1.807, 2.05) is 6.92 Å². The van der Waals surface area contributed by atoms with Gasteiger partial charge in [0.15, 0.2) is 0 Å². The van der Waals surface area contributed by atoms with Crippen LogP contribution in [0.4, 0.5) is 8.78 Å². The van der Waals surface area contributed by atoms with Crippen molar-refractivity contribution in [1.82, 2.24) is 0 Å². The van der Waals surface area contributed by atoms with Crippen LogP contribution in [-0.2, 0) is 9.47 Å². The first kappa shape index (κ1) is 14.0. The Morgan fingerprint density at radius 3 is 2.89 bits per heavy atom. The van der Waals surface area contributed by atoms with Gasteiger partial charge in [-0.2, -0.15) is 0 Å². The van der Waals surface area contributed by atoms with Crippen LogP contribution in [-0.4, -0.2) is 36.5 Å². The summed E-state index contributed by atoms with van der Waals surface area (Å²) in [6, 6.07) is 0. The van der Waals surface area contributed by atoms with E-state index < -0.39 is 16.9 Å². The van der Waals surface area contributed by atoms with Gasteiger partial charge in [0.05, 0.1) is 19.3 Å². The molecule has 2 unspecified atom stereocenters. The van der Waals surface area contributed by atoms with Crippen molar-refractivity contribution < 1.29 is 18.3 Å². The summed E-state index contributed by atoms with van der Waals surface area (Å²) in [5.41, 5.74) is 0.458. The highest BCUT2D eigenvalue weighted by atomic mass is 35.5. The minimum absolute atomic E-state index is 0.117.